The minimum Gasteiger partial charge on any atom is -0.380 e. The summed E-state index contributed by atoms with van der Waals surface area (Å²) in [5.41, 5.74) is 7.56. The molecule has 0 radical (unpaired) electrons. The van der Waals surface area contributed by atoms with Crippen LogP contribution in [0.2, 0.25) is 0 Å². The van der Waals surface area contributed by atoms with E-state index < -0.39 is 0 Å². The first kappa shape index (κ1) is 14.5. The topological polar surface area (TPSA) is 38.5 Å². The molecule has 3 nitrogen and oxygen atoms in total. The zero-order valence-corrected chi connectivity index (χ0v) is 12.1. The Hall–Kier alpha value is -0.900. The van der Waals surface area contributed by atoms with Crippen LogP contribution in [-0.4, -0.2) is 43.3 Å². The van der Waals surface area contributed by atoms with Crippen molar-refractivity contribution in [1.29, 1.82) is 0 Å². The van der Waals surface area contributed by atoms with E-state index in [0.717, 1.165) is 32.5 Å². The molecule has 1 fully saturated rings. The Labute approximate surface area is 116 Å². The van der Waals surface area contributed by atoms with Crippen molar-refractivity contribution in [3.63, 3.8) is 0 Å². The molecule has 1 aromatic rings. The summed E-state index contributed by atoms with van der Waals surface area (Å²) >= 11 is 0. The van der Waals surface area contributed by atoms with Gasteiger partial charge in [0, 0.05) is 24.7 Å². The molecule has 3 heteroatoms. The first-order valence-electron chi connectivity index (χ1n) is 7.26. The van der Waals surface area contributed by atoms with Gasteiger partial charge in [0.05, 0.1) is 6.61 Å². The molecule has 1 aliphatic heterocycles. The van der Waals surface area contributed by atoms with Crippen LogP contribution in [-0.2, 0) is 11.2 Å². The van der Waals surface area contributed by atoms with Crippen LogP contribution in [0.4, 0.5) is 0 Å². The van der Waals surface area contributed by atoms with Gasteiger partial charge in [-0.05, 0) is 31.9 Å². The number of hydrogen-bond donors (Lipinski definition) is 1. The number of rotatable bonds is 6. The fraction of sp³-hybridized carbons (Fsp3) is 0.625. The highest BCUT2D eigenvalue weighted by atomic mass is 16.5. The predicted octanol–water partition coefficient (Wildman–Crippen LogP) is 2.06. The van der Waals surface area contributed by atoms with Crippen molar-refractivity contribution in [1.82, 2.24) is 4.90 Å². The summed E-state index contributed by atoms with van der Waals surface area (Å²) in [5.74, 6) is 0. The van der Waals surface area contributed by atoms with E-state index in [2.05, 4.69) is 49.2 Å². The van der Waals surface area contributed by atoms with Crippen LogP contribution in [0.15, 0.2) is 30.3 Å². The maximum atomic E-state index is 6.15. The lowest BCUT2D eigenvalue weighted by Gasteiger charge is -2.44. The number of nitrogens with two attached hydrogens (primary N) is 1. The Morgan fingerprint density at radius 2 is 2.11 bits per heavy atom. The summed E-state index contributed by atoms with van der Waals surface area (Å²) in [6, 6.07) is 11.2. The van der Waals surface area contributed by atoms with Crippen LogP contribution in [0.1, 0.15) is 25.3 Å². The highest BCUT2D eigenvalue weighted by Gasteiger charge is 2.37. The van der Waals surface area contributed by atoms with E-state index in [-0.39, 0.29) is 5.54 Å². The number of ether oxygens (including phenoxy) is 1. The summed E-state index contributed by atoms with van der Waals surface area (Å²) in [6.07, 6.45) is 3.19. The normalized spacial score (nSPS) is 22.6. The molecule has 106 valence electrons. The molecule has 0 aliphatic carbocycles. The molecule has 1 heterocycles. The van der Waals surface area contributed by atoms with Gasteiger partial charge in [0.2, 0.25) is 0 Å². The van der Waals surface area contributed by atoms with E-state index in [0.29, 0.717) is 12.6 Å². The standard InChI is InChI=1S/C16H26N2O/c1-3-16(13-17,11-14-7-5-4-6-8-14)18(2)15-9-10-19-12-15/h4-8,15H,3,9-13,17H2,1-2H3. The number of likely N-dealkylation sites (N-methyl/N-ethyl adjacent to an activating group) is 1. The second kappa shape index (κ2) is 6.51. The van der Waals surface area contributed by atoms with Crippen molar-refractivity contribution in [2.45, 2.75) is 37.8 Å². The van der Waals surface area contributed by atoms with E-state index in [1.807, 2.05) is 0 Å². The zero-order valence-electron chi connectivity index (χ0n) is 12.1. The van der Waals surface area contributed by atoms with Gasteiger partial charge < -0.3 is 10.5 Å². The van der Waals surface area contributed by atoms with Crippen LogP contribution >= 0.6 is 0 Å². The molecule has 2 N–H and O–H groups in total. The first-order valence-corrected chi connectivity index (χ1v) is 7.26. The van der Waals surface area contributed by atoms with Crippen LogP contribution in [0.25, 0.3) is 0 Å². The number of hydrogen-bond acceptors (Lipinski definition) is 3. The molecule has 2 atom stereocenters. The average molecular weight is 262 g/mol. The Kier molecular flexibility index (Phi) is 4.97. The minimum absolute atomic E-state index is 0.0414. The Morgan fingerprint density at radius 1 is 1.37 bits per heavy atom. The molecule has 0 amide bonds. The lowest BCUT2D eigenvalue weighted by molar-refractivity contribution is 0.0624. The van der Waals surface area contributed by atoms with Crippen molar-refractivity contribution in [3.8, 4) is 0 Å². The quantitative estimate of drug-likeness (QED) is 0.853. The fourth-order valence-electron chi connectivity index (χ4n) is 3.05. The van der Waals surface area contributed by atoms with Crippen molar-refractivity contribution in [2.75, 3.05) is 26.8 Å². The summed E-state index contributed by atoms with van der Waals surface area (Å²) < 4.78 is 5.53. The molecule has 0 saturated carbocycles. The molecular weight excluding hydrogens is 236 g/mol. The maximum absolute atomic E-state index is 6.15. The molecule has 0 aromatic heterocycles. The van der Waals surface area contributed by atoms with Crippen molar-refractivity contribution in [2.24, 2.45) is 5.73 Å². The lowest BCUT2D eigenvalue weighted by atomic mass is 9.85. The van der Waals surface area contributed by atoms with Gasteiger partial charge in [-0.3, -0.25) is 4.90 Å². The molecule has 1 saturated heterocycles. The van der Waals surface area contributed by atoms with Gasteiger partial charge in [-0.25, -0.2) is 0 Å². The maximum Gasteiger partial charge on any atom is 0.0622 e. The second-order valence-corrected chi connectivity index (χ2v) is 5.57. The number of nitrogens with zero attached hydrogens (tertiary/aromatic N) is 1. The Morgan fingerprint density at radius 3 is 2.63 bits per heavy atom. The van der Waals surface area contributed by atoms with Gasteiger partial charge in [0.25, 0.3) is 0 Å². The summed E-state index contributed by atoms with van der Waals surface area (Å²) in [6.45, 7) is 4.64. The van der Waals surface area contributed by atoms with Gasteiger partial charge in [-0.2, -0.15) is 0 Å². The SMILES string of the molecule is CCC(CN)(Cc1ccccc1)N(C)C1CCOC1. The number of benzene rings is 1. The van der Waals surface area contributed by atoms with Gasteiger partial charge >= 0.3 is 0 Å². The van der Waals surface area contributed by atoms with Crippen LogP contribution in [0.3, 0.4) is 0 Å². The van der Waals surface area contributed by atoms with E-state index in [9.17, 15) is 0 Å². The largest absolute Gasteiger partial charge is 0.380 e. The van der Waals surface area contributed by atoms with E-state index >= 15 is 0 Å². The highest BCUT2D eigenvalue weighted by molar-refractivity contribution is 5.18. The van der Waals surface area contributed by atoms with Crippen molar-refractivity contribution >= 4 is 0 Å². The molecule has 19 heavy (non-hydrogen) atoms. The third kappa shape index (κ3) is 3.16. The molecule has 2 unspecified atom stereocenters. The van der Waals surface area contributed by atoms with Gasteiger partial charge in [0.1, 0.15) is 0 Å². The summed E-state index contributed by atoms with van der Waals surface area (Å²) in [7, 11) is 2.21. The first-order chi connectivity index (χ1) is 9.22. The molecule has 2 rings (SSSR count). The molecule has 1 aliphatic rings. The predicted molar refractivity (Wildman–Crippen MR) is 79.2 cm³/mol. The monoisotopic (exact) mass is 262 g/mol. The molecule has 1 aromatic carbocycles. The van der Waals surface area contributed by atoms with Crippen molar-refractivity contribution in [3.05, 3.63) is 35.9 Å². The average Bonchev–Trinajstić information content (AvgIpc) is 2.99. The van der Waals surface area contributed by atoms with E-state index in [1.165, 1.54) is 5.56 Å². The lowest BCUT2D eigenvalue weighted by Crippen LogP contribution is -2.57. The highest BCUT2D eigenvalue weighted by Crippen LogP contribution is 2.27. The Bertz CT molecular complexity index is 370. The van der Waals surface area contributed by atoms with Crippen molar-refractivity contribution < 1.29 is 4.74 Å². The summed E-state index contributed by atoms with van der Waals surface area (Å²) in [5, 5.41) is 0. The second-order valence-electron chi connectivity index (χ2n) is 5.57. The van der Waals surface area contributed by atoms with Gasteiger partial charge in [-0.15, -0.1) is 0 Å². The third-order valence-corrected chi connectivity index (χ3v) is 4.62. The van der Waals surface area contributed by atoms with Crippen LogP contribution in [0.5, 0.6) is 0 Å². The zero-order chi connectivity index (χ0) is 13.7. The Balaban J connectivity index is 2.16. The van der Waals surface area contributed by atoms with Crippen LogP contribution in [0, 0.1) is 0 Å². The molecule has 0 spiro atoms. The molecular formula is C16H26N2O. The smallest absolute Gasteiger partial charge is 0.0622 e. The van der Waals surface area contributed by atoms with Gasteiger partial charge in [-0.1, -0.05) is 37.3 Å². The van der Waals surface area contributed by atoms with Gasteiger partial charge in [0.15, 0.2) is 0 Å². The third-order valence-electron chi connectivity index (χ3n) is 4.62. The van der Waals surface area contributed by atoms with E-state index in [1.54, 1.807) is 0 Å². The summed E-state index contributed by atoms with van der Waals surface area (Å²) in [4.78, 5) is 2.47. The fourth-order valence-corrected chi connectivity index (χ4v) is 3.05. The minimum atomic E-state index is 0.0414. The molecule has 0 bridgehead atoms. The van der Waals surface area contributed by atoms with Crippen LogP contribution < -0.4 is 5.73 Å². The van der Waals surface area contributed by atoms with E-state index in [4.69, 9.17) is 10.5 Å².